The molecule has 1 aliphatic heterocycles. The van der Waals surface area contributed by atoms with Crippen molar-refractivity contribution in [1.29, 1.82) is 0 Å². The Labute approximate surface area is 91.9 Å². The Morgan fingerprint density at radius 3 is 2.50 bits per heavy atom. The second-order valence-corrected chi connectivity index (χ2v) is 3.55. The average Bonchev–Trinajstić information content (AvgIpc) is 2.52. The van der Waals surface area contributed by atoms with Gasteiger partial charge in [-0.15, -0.1) is 5.11 Å². The zero-order valence-corrected chi connectivity index (χ0v) is 8.89. The van der Waals surface area contributed by atoms with Gasteiger partial charge in [-0.1, -0.05) is 5.22 Å². The molecule has 82 valence electrons. The predicted octanol–water partition coefficient (Wildman–Crippen LogP) is 1.13. The fraction of sp³-hybridized carbons (Fsp3) is 0.200. The summed E-state index contributed by atoms with van der Waals surface area (Å²) in [6, 6.07) is 4.76. The van der Waals surface area contributed by atoms with E-state index < -0.39 is 0 Å². The third kappa shape index (κ3) is 1.77. The molecule has 0 aromatic heterocycles. The molecule has 6 nitrogen and oxygen atoms in total. The molecule has 0 spiro atoms. The average molecular weight is 218 g/mol. The maximum atomic E-state index is 11.4. The summed E-state index contributed by atoms with van der Waals surface area (Å²) in [5.74, 6) is -0.752. The third-order valence-electron chi connectivity index (χ3n) is 2.06. The molecule has 0 radical (unpaired) electrons. The van der Waals surface area contributed by atoms with Crippen LogP contribution in [0.4, 0.5) is 5.69 Å². The van der Waals surface area contributed by atoms with Crippen molar-refractivity contribution in [2.75, 3.05) is 14.1 Å². The van der Waals surface area contributed by atoms with Crippen LogP contribution >= 0.6 is 0 Å². The van der Waals surface area contributed by atoms with Crippen LogP contribution in [0.3, 0.4) is 0 Å². The van der Waals surface area contributed by atoms with Crippen LogP contribution < -0.4 is 5.32 Å². The van der Waals surface area contributed by atoms with Crippen LogP contribution in [0.1, 0.15) is 20.7 Å². The summed E-state index contributed by atoms with van der Waals surface area (Å²) in [7, 11) is 3.49. The molecule has 0 fully saturated rings. The molecule has 1 aromatic rings. The van der Waals surface area contributed by atoms with Crippen molar-refractivity contribution >= 4 is 17.5 Å². The van der Waals surface area contributed by atoms with Gasteiger partial charge in [-0.25, -0.2) is 0 Å². The molecule has 0 atom stereocenters. The number of fused-ring (bicyclic) bond motifs is 1. The number of carbonyl (C=O) groups excluding carboxylic acids is 2. The minimum absolute atomic E-state index is 0.347. The topological polar surface area (TPSA) is 74.1 Å². The van der Waals surface area contributed by atoms with E-state index in [-0.39, 0.29) is 11.8 Å². The van der Waals surface area contributed by atoms with E-state index in [0.717, 1.165) is 0 Å². The van der Waals surface area contributed by atoms with Crippen molar-refractivity contribution in [3.8, 4) is 0 Å². The molecule has 6 heteroatoms. The van der Waals surface area contributed by atoms with Crippen LogP contribution in [0, 0.1) is 0 Å². The minimum Gasteiger partial charge on any atom is -0.288 e. The Kier molecular flexibility index (Phi) is 2.40. The van der Waals surface area contributed by atoms with Gasteiger partial charge in [0.2, 0.25) is 0 Å². The van der Waals surface area contributed by atoms with Gasteiger partial charge in [0.25, 0.3) is 11.8 Å². The van der Waals surface area contributed by atoms with Crippen molar-refractivity contribution in [3.63, 3.8) is 0 Å². The van der Waals surface area contributed by atoms with Gasteiger partial charge in [0.1, 0.15) is 0 Å². The SMILES string of the molecule is CN(C)N=Nc1ccc2c(c1)C(=O)NC2=O. The molecular formula is C10H10N4O2. The van der Waals surface area contributed by atoms with Crippen LogP contribution in [0.25, 0.3) is 0 Å². The number of nitrogens with zero attached hydrogens (tertiary/aromatic N) is 3. The fourth-order valence-corrected chi connectivity index (χ4v) is 1.36. The number of benzene rings is 1. The zero-order valence-electron chi connectivity index (χ0n) is 8.89. The highest BCUT2D eigenvalue weighted by Gasteiger charge is 2.26. The van der Waals surface area contributed by atoms with E-state index in [1.165, 1.54) is 0 Å². The minimum atomic E-state index is -0.387. The summed E-state index contributed by atoms with van der Waals surface area (Å²) < 4.78 is 0. The standard InChI is InChI=1S/C10H10N4O2/c1-14(2)13-12-6-3-4-7-8(5-6)10(16)11-9(7)15/h3-5H,1-2H3,(H,11,15,16). The van der Waals surface area contributed by atoms with E-state index in [1.54, 1.807) is 37.3 Å². The summed E-state index contributed by atoms with van der Waals surface area (Å²) in [6.45, 7) is 0. The van der Waals surface area contributed by atoms with Crippen molar-refractivity contribution in [1.82, 2.24) is 10.3 Å². The molecule has 2 rings (SSSR count). The first-order valence-electron chi connectivity index (χ1n) is 4.66. The van der Waals surface area contributed by atoms with Gasteiger partial charge >= 0.3 is 0 Å². The second kappa shape index (κ2) is 3.73. The Morgan fingerprint density at radius 1 is 1.12 bits per heavy atom. The number of carbonyl (C=O) groups is 2. The zero-order chi connectivity index (χ0) is 11.7. The van der Waals surface area contributed by atoms with Crippen LogP contribution in [0.5, 0.6) is 0 Å². The highest BCUT2D eigenvalue weighted by Crippen LogP contribution is 2.22. The highest BCUT2D eigenvalue weighted by molar-refractivity contribution is 6.21. The van der Waals surface area contributed by atoms with Crippen LogP contribution in [-0.4, -0.2) is 30.9 Å². The Bertz CT molecular complexity index is 494. The summed E-state index contributed by atoms with van der Waals surface area (Å²) in [6.07, 6.45) is 0. The molecular weight excluding hydrogens is 208 g/mol. The van der Waals surface area contributed by atoms with E-state index >= 15 is 0 Å². The molecule has 16 heavy (non-hydrogen) atoms. The molecule has 1 aromatic carbocycles. The van der Waals surface area contributed by atoms with E-state index in [1.807, 2.05) is 0 Å². The largest absolute Gasteiger partial charge is 0.288 e. The molecule has 0 saturated carbocycles. The number of hydrogen-bond donors (Lipinski definition) is 1. The summed E-state index contributed by atoms with van der Waals surface area (Å²) in [5, 5.41) is 11.5. The number of nitrogens with one attached hydrogen (secondary N) is 1. The molecule has 0 aliphatic carbocycles. The lowest BCUT2D eigenvalue weighted by atomic mass is 10.1. The first-order chi connectivity index (χ1) is 7.58. The van der Waals surface area contributed by atoms with Gasteiger partial charge < -0.3 is 0 Å². The molecule has 0 unspecified atom stereocenters. The normalized spacial score (nSPS) is 14.1. The molecule has 2 amide bonds. The Morgan fingerprint density at radius 2 is 1.81 bits per heavy atom. The van der Waals surface area contributed by atoms with Gasteiger partial charge in [0.05, 0.1) is 16.8 Å². The molecule has 0 saturated heterocycles. The van der Waals surface area contributed by atoms with E-state index in [9.17, 15) is 9.59 Å². The smallest absolute Gasteiger partial charge is 0.259 e. The first kappa shape index (κ1) is 10.3. The summed E-state index contributed by atoms with van der Waals surface area (Å²) in [5.41, 5.74) is 1.27. The van der Waals surface area contributed by atoms with Crippen molar-refractivity contribution in [2.45, 2.75) is 0 Å². The van der Waals surface area contributed by atoms with Gasteiger partial charge in [0, 0.05) is 14.1 Å². The first-order valence-corrected chi connectivity index (χ1v) is 4.66. The molecule has 1 aliphatic rings. The van der Waals surface area contributed by atoms with Gasteiger partial charge in [-0.2, -0.15) is 0 Å². The highest BCUT2D eigenvalue weighted by atomic mass is 16.2. The lowest BCUT2D eigenvalue weighted by molar-refractivity contribution is 0.0879. The lowest BCUT2D eigenvalue weighted by Gasteiger charge is -2.00. The van der Waals surface area contributed by atoms with Crippen LogP contribution in [-0.2, 0) is 0 Å². The Balaban J connectivity index is 2.37. The maximum absolute atomic E-state index is 11.4. The molecule has 0 bridgehead atoms. The van der Waals surface area contributed by atoms with E-state index in [2.05, 4.69) is 15.7 Å². The summed E-state index contributed by atoms with van der Waals surface area (Å²) in [4.78, 5) is 22.6. The van der Waals surface area contributed by atoms with Crippen LogP contribution in [0.2, 0.25) is 0 Å². The molecule has 1 N–H and O–H groups in total. The number of imide groups is 1. The Hall–Kier alpha value is -2.24. The summed E-state index contributed by atoms with van der Waals surface area (Å²) >= 11 is 0. The van der Waals surface area contributed by atoms with Crippen molar-refractivity contribution in [2.24, 2.45) is 10.3 Å². The number of amides is 2. The van der Waals surface area contributed by atoms with Gasteiger partial charge in [-0.3, -0.25) is 19.9 Å². The number of rotatable bonds is 2. The predicted molar refractivity (Wildman–Crippen MR) is 56.4 cm³/mol. The fourth-order valence-electron chi connectivity index (χ4n) is 1.36. The monoisotopic (exact) mass is 218 g/mol. The second-order valence-electron chi connectivity index (χ2n) is 3.55. The van der Waals surface area contributed by atoms with Crippen LogP contribution in [0.15, 0.2) is 28.5 Å². The van der Waals surface area contributed by atoms with Crippen molar-refractivity contribution < 1.29 is 9.59 Å². The van der Waals surface area contributed by atoms with E-state index in [0.29, 0.717) is 16.8 Å². The number of hydrogen-bond acceptors (Lipinski definition) is 4. The molecule has 1 heterocycles. The van der Waals surface area contributed by atoms with Gasteiger partial charge in [0.15, 0.2) is 0 Å². The van der Waals surface area contributed by atoms with E-state index in [4.69, 9.17) is 0 Å². The quantitative estimate of drug-likeness (QED) is 0.459. The maximum Gasteiger partial charge on any atom is 0.259 e. The van der Waals surface area contributed by atoms with Gasteiger partial charge in [-0.05, 0) is 18.2 Å². The lowest BCUT2D eigenvalue weighted by Crippen LogP contribution is -2.19. The van der Waals surface area contributed by atoms with Crippen molar-refractivity contribution in [3.05, 3.63) is 29.3 Å². The third-order valence-corrected chi connectivity index (χ3v) is 2.06.